The molecule has 1 fully saturated rings. The Bertz CT molecular complexity index is 1170. The molecule has 1 aromatic carbocycles. The second kappa shape index (κ2) is 11.5. The second-order valence-corrected chi connectivity index (χ2v) is 8.22. The maximum atomic E-state index is 12.7. The van der Waals surface area contributed by atoms with Crippen LogP contribution in [0.25, 0.3) is 11.7 Å². The van der Waals surface area contributed by atoms with Gasteiger partial charge in [0.05, 0.1) is 20.5 Å². The quantitative estimate of drug-likeness (QED) is 0.430. The first kappa shape index (κ1) is 24.9. The molecular formula is C25H28N4O7. The average Bonchev–Trinajstić information content (AvgIpc) is 3.60. The van der Waals surface area contributed by atoms with Crippen LogP contribution in [-0.4, -0.2) is 62.6 Å². The molecule has 1 aliphatic heterocycles. The molecule has 4 rings (SSSR count). The number of anilines is 1. The Kier molecular flexibility index (Phi) is 7.97. The van der Waals surface area contributed by atoms with Crippen molar-refractivity contribution in [1.82, 2.24) is 10.3 Å². The van der Waals surface area contributed by atoms with E-state index in [9.17, 15) is 15.2 Å². The van der Waals surface area contributed by atoms with Crippen LogP contribution < -0.4 is 24.4 Å². The number of carbonyl (C=O) groups excluding carboxylic acids is 1. The van der Waals surface area contributed by atoms with Crippen LogP contribution in [0.1, 0.15) is 18.5 Å². The van der Waals surface area contributed by atoms with E-state index in [2.05, 4.69) is 16.4 Å². The summed E-state index contributed by atoms with van der Waals surface area (Å²) >= 11 is 0. The average molecular weight is 497 g/mol. The number of piperidine rings is 1. The van der Waals surface area contributed by atoms with Gasteiger partial charge in [-0.2, -0.15) is 10.2 Å². The molecule has 190 valence electrons. The van der Waals surface area contributed by atoms with Gasteiger partial charge in [-0.05, 0) is 37.1 Å². The van der Waals surface area contributed by atoms with Crippen molar-refractivity contribution in [1.29, 1.82) is 5.26 Å². The molecule has 0 spiro atoms. The molecule has 0 radical (unpaired) electrons. The Labute approximate surface area is 208 Å². The van der Waals surface area contributed by atoms with Gasteiger partial charge in [0.25, 0.3) is 5.89 Å². The van der Waals surface area contributed by atoms with E-state index in [1.54, 1.807) is 30.3 Å². The number of hydrogen-bond acceptors (Lipinski definition) is 10. The van der Waals surface area contributed by atoms with Gasteiger partial charge in [-0.15, -0.1) is 0 Å². The Morgan fingerprint density at radius 3 is 2.58 bits per heavy atom. The third kappa shape index (κ3) is 5.55. The van der Waals surface area contributed by atoms with Crippen molar-refractivity contribution >= 4 is 11.8 Å². The Hall–Kier alpha value is -4.17. The predicted molar refractivity (Wildman–Crippen MR) is 128 cm³/mol. The summed E-state index contributed by atoms with van der Waals surface area (Å²) in [6.45, 7) is 1.05. The van der Waals surface area contributed by atoms with Crippen LogP contribution in [0, 0.1) is 17.2 Å². The zero-order valence-corrected chi connectivity index (χ0v) is 20.1. The van der Waals surface area contributed by atoms with Crippen molar-refractivity contribution < 1.29 is 32.9 Å². The smallest absolute Gasteiger partial charge is 0.266 e. The molecule has 0 aliphatic carbocycles. The number of nitriles is 1. The molecule has 0 saturated carbocycles. The number of carbonyl (C=O) groups is 1. The number of aliphatic hydroxyl groups excluding tert-OH is 1. The largest absolute Gasteiger partial charge is 0.493 e. The number of aliphatic hydroxyl groups is 1. The summed E-state index contributed by atoms with van der Waals surface area (Å²) in [7, 11) is 3.04. The highest BCUT2D eigenvalue weighted by molar-refractivity contribution is 5.79. The third-order valence-electron chi connectivity index (χ3n) is 5.91. The monoisotopic (exact) mass is 496 g/mol. The summed E-state index contributed by atoms with van der Waals surface area (Å²) in [5.41, 5.74) is 0.180. The standard InChI is InChI=1S/C25H28N4O7/c1-32-19-5-3-6-20(33-2)22(19)35-15-17(30)14-27-23(31)16-8-10-29(11-9-16)25-18(13-26)28-24(36-25)21-7-4-12-34-21/h3-7,12,16-17,30H,8-11,14-15H2,1-2H3,(H,27,31). The zero-order chi connectivity index (χ0) is 25.5. The van der Waals surface area contributed by atoms with Crippen LogP contribution in [-0.2, 0) is 4.79 Å². The fourth-order valence-electron chi connectivity index (χ4n) is 4.01. The summed E-state index contributed by atoms with van der Waals surface area (Å²) in [6, 6.07) is 10.7. The number of furan rings is 1. The van der Waals surface area contributed by atoms with E-state index in [-0.39, 0.29) is 36.6 Å². The van der Waals surface area contributed by atoms with Crippen LogP contribution in [0.2, 0.25) is 0 Å². The number of methoxy groups -OCH3 is 2. The van der Waals surface area contributed by atoms with E-state index in [4.69, 9.17) is 23.0 Å². The van der Waals surface area contributed by atoms with Gasteiger partial charge in [-0.1, -0.05) is 6.07 Å². The molecule has 1 saturated heterocycles. The van der Waals surface area contributed by atoms with Crippen molar-refractivity contribution in [3.63, 3.8) is 0 Å². The first-order chi connectivity index (χ1) is 17.5. The number of aromatic nitrogens is 1. The molecular weight excluding hydrogens is 468 g/mol. The number of nitrogens with zero attached hydrogens (tertiary/aromatic N) is 3. The molecule has 1 atom stereocenters. The maximum absolute atomic E-state index is 12.7. The topological polar surface area (TPSA) is 143 Å². The highest BCUT2D eigenvalue weighted by Gasteiger charge is 2.29. The lowest BCUT2D eigenvalue weighted by atomic mass is 9.96. The van der Waals surface area contributed by atoms with E-state index >= 15 is 0 Å². The molecule has 3 heterocycles. The Balaban J connectivity index is 1.26. The lowest BCUT2D eigenvalue weighted by molar-refractivity contribution is -0.126. The Morgan fingerprint density at radius 1 is 1.25 bits per heavy atom. The van der Waals surface area contributed by atoms with Crippen LogP contribution in [0.3, 0.4) is 0 Å². The van der Waals surface area contributed by atoms with Crippen LogP contribution in [0.4, 0.5) is 5.88 Å². The first-order valence-electron chi connectivity index (χ1n) is 11.5. The normalized spacial score (nSPS) is 14.7. The minimum atomic E-state index is -0.920. The lowest BCUT2D eigenvalue weighted by Gasteiger charge is -2.31. The van der Waals surface area contributed by atoms with Gasteiger partial charge in [0.2, 0.25) is 23.2 Å². The SMILES string of the molecule is COc1cccc(OC)c1OCC(O)CNC(=O)C1CCN(c2oc(-c3ccco3)nc2C#N)CC1. The minimum absolute atomic E-state index is 0.0453. The molecule has 1 amide bonds. The van der Waals surface area contributed by atoms with Gasteiger partial charge >= 0.3 is 0 Å². The number of rotatable bonds is 10. The van der Waals surface area contributed by atoms with Gasteiger partial charge in [0.1, 0.15) is 18.8 Å². The Morgan fingerprint density at radius 2 is 1.97 bits per heavy atom. The summed E-state index contributed by atoms with van der Waals surface area (Å²) in [5, 5.41) is 22.6. The van der Waals surface area contributed by atoms with E-state index < -0.39 is 6.10 Å². The van der Waals surface area contributed by atoms with Crippen molar-refractivity contribution in [2.45, 2.75) is 18.9 Å². The van der Waals surface area contributed by atoms with Crippen LogP contribution in [0.5, 0.6) is 17.2 Å². The van der Waals surface area contributed by atoms with Crippen LogP contribution in [0.15, 0.2) is 45.4 Å². The molecule has 2 N–H and O–H groups in total. The van der Waals surface area contributed by atoms with Crippen LogP contribution >= 0.6 is 0 Å². The number of hydrogen-bond donors (Lipinski definition) is 2. The molecule has 0 bridgehead atoms. The van der Waals surface area contributed by atoms with Crippen molar-refractivity contribution in [3.8, 4) is 35.0 Å². The van der Waals surface area contributed by atoms with Gasteiger partial charge in [-0.25, -0.2) is 0 Å². The fourth-order valence-corrected chi connectivity index (χ4v) is 4.01. The minimum Gasteiger partial charge on any atom is -0.493 e. The third-order valence-corrected chi connectivity index (χ3v) is 5.91. The first-order valence-corrected chi connectivity index (χ1v) is 11.5. The zero-order valence-electron chi connectivity index (χ0n) is 20.1. The van der Waals surface area contributed by atoms with E-state index in [1.165, 1.54) is 20.5 Å². The van der Waals surface area contributed by atoms with E-state index in [0.717, 1.165) is 0 Å². The van der Waals surface area contributed by atoms with Gasteiger partial charge in [0.15, 0.2) is 17.3 Å². The number of ether oxygens (including phenoxy) is 3. The number of oxazole rings is 1. The lowest BCUT2D eigenvalue weighted by Crippen LogP contribution is -2.43. The maximum Gasteiger partial charge on any atom is 0.266 e. The molecule has 11 nitrogen and oxygen atoms in total. The highest BCUT2D eigenvalue weighted by atomic mass is 16.5. The van der Waals surface area contributed by atoms with E-state index in [1.807, 2.05) is 4.90 Å². The van der Waals surface area contributed by atoms with Crippen molar-refractivity contribution in [3.05, 3.63) is 42.3 Å². The van der Waals surface area contributed by atoms with E-state index in [0.29, 0.717) is 54.8 Å². The second-order valence-electron chi connectivity index (χ2n) is 8.22. The molecule has 2 aromatic heterocycles. The van der Waals surface area contributed by atoms with Gasteiger partial charge in [-0.3, -0.25) is 4.79 Å². The molecule has 11 heteroatoms. The number of amides is 1. The highest BCUT2D eigenvalue weighted by Crippen LogP contribution is 2.37. The summed E-state index contributed by atoms with van der Waals surface area (Å²) < 4.78 is 27.3. The fraction of sp³-hybridized carbons (Fsp3) is 0.400. The number of benzene rings is 1. The molecule has 3 aromatic rings. The summed E-state index contributed by atoms with van der Waals surface area (Å²) in [4.78, 5) is 18.8. The van der Waals surface area contributed by atoms with Gasteiger partial charge in [0, 0.05) is 25.6 Å². The van der Waals surface area contributed by atoms with Crippen molar-refractivity contribution in [2.24, 2.45) is 5.92 Å². The molecule has 1 unspecified atom stereocenters. The molecule has 1 aliphatic rings. The predicted octanol–water partition coefficient (Wildman–Crippen LogP) is 2.60. The van der Waals surface area contributed by atoms with Crippen molar-refractivity contribution in [2.75, 3.05) is 45.4 Å². The molecule has 36 heavy (non-hydrogen) atoms. The number of nitrogens with one attached hydrogen (secondary N) is 1. The summed E-state index contributed by atoms with van der Waals surface area (Å²) in [5.74, 6) is 2.06. The number of para-hydroxylation sites is 1. The summed E-state index contributed by atoms with van der Waals surface area (Å²) in [6.07, 6.45) is 1.72. The van der Waals surface area contributed by atoms with Gasteiger partial charge < -0.3 is 38.4 Å².